The van der Waals surface area contributed by atoms with Crippen molar-refractivity contribution >= 4 is 11.6 Å². The van der Waals surface area contributed by atoms with Gasteiger partial charge in [-0.2, -0.15) is 0 Å². The third-order valence-corrected chi connectivity index (χ3v) is 3.07. The van der Waals surface area contributed by atoms with Gasteiger partial charge in [-0.25, -0.2) is 0 Å². The van der Waals surface area contributed by atoms with Crippen LogP contribution in [0.25, 0.3) is 0 Å². The number of alkyl halides is 1. The third kappa shape index (κ3) is 2.07. The lowest BCUT2D eigenvalue weighted by Gasteiger charge is -2.12. The summed E-state index contributed by atoms with van der Waals surface area (Å²) in [5, 5.41) is -0.176. The molecule has 2 aromatic rings. The average Bonchev–Trinajstić information content (AvgIpc) is 2.81. The van der Waals surface area contributed by atoms with E-state index < -0.39 is 0 Å². The molecular weight excluding hydrogens is 224 g/mol. The molecule has 1 aromatic heterocycles. The highest BCUT2D eigenvalue weighted by atomic mass is 35.5. The molecule has 2 rings (SSSR count). The van der Waals surface area contributed by atoms with E-state index in [-0.39, 0.29) is 5.38 Å². The third-order valence-electron chi connectivity index (χ3n) is 2.59. The molecule has 0 bridgehead atoms. The Morgan fingerprint density at radius 2 is 2.12 bits per heavy atom. The molecule has 0 aliphatic carbocycles. The molecule has 0 saturated heterocycles. The second-order valence-electron chi connectivity index (χ2n) is 3.64. The lowest BCUT2D eigenvalue weighted by atomic mass is 10.0. The SMILES string of the molecule is COc1ccc(C(Cl)c2ccoc2)c(C)c1. The van der Waals surface area contributed by atoms with Crippen LogP contribution < -0.4 is 4.74 Å². The van der Waals surface area contributed by atoms with Crippen LogP contribution in [-0.2, 0) is 0 Å². The molecule has 16 heavy (non-hydrogen) atoms. The van der Waals surface area contributed by atoms with E-state index in [4.69, 9.17) is 20.8 Å². The first-order chi connectivity index (χ1) is 7.72. The predicted molar refractivity (Wildman–Crippen MR) is 64.1 cm³/mol. The highest BCUT2D eigenvalue weighted by Gasteiger charge is 2.14. The van der Waals surface area contributed by atoms with Gasteiger partial charge in [0.2, 0.25) is 0 Å². The Kier molecular flexibility index (Phi) is 3.20. The summed E-state index contributed by atoms with van der Waals surface area (Å²) >= 11 is 6.37. The molecule has 0 amide bonds. The number of halogens is 1. The van der Waals surface area contributed by atoms with Crippen LogP contribution >= 0.6 is 11.6 Å². The van der Waals surface area contributed by atoms with E-state index in [1.165, 1.54) is 0 Å². The quantitative estimate of drug-likeness (QED) is 0.754. The zero-order chi connectivity index (χ0) is 11.5. The molecule has 0 saturated carbocycles. The first-order valence-corrected chi connectivity index (χ1v) is 5.46. The lowest BCUT2D eigenvalue weighted by molar-refractivity contribution is 0.414. The van der Waals surface area contributed by atoms with Gasteiger partial charge in [0, 0.05) is 5.56 Å². The Balaban J connectivity index is 2.34. The van der Waals surface area contributed by atoms with E-state index >= 15 is 0 Å². The molecule has 1 unspecified atom stereocenters. The predicted octanol–water partition coefficient (Wildman–Crippen LogP) is 3.92. The van der Waals surface area contributed by atoms with E-state index in [1.807, 2.05) is 31.2 Å². The molecule has 1 atom stereocenters. The zero-order valence-electron chi connectivity index (χ0n) is 9.24. The van der Waals surface area contributed by atoms with Gasteiger partial charge in [-0.1, -0.05) is 6.07 Å². The summed E-state index contributed by atoms with van der Waals surface area (Å²) in [5.74, 6) is 0.845. The Labute approximate surface area is 99.8 Å². The van der Waals surface area contributed by atoms with Gasteiger partial charge >= 0.3 is 0 Å². The van der Waals surface area contributed by atoms with Crippen LogP contribution in [0.1, 0.15) is 22.1 Å². The minimum Gasteiger partial charge on any atom is -0.497 e. The van der Waals surface area contributed by atoms with Gasteiger partial charge < -0.3 is 9.15 Å². The van der Waals surface area contributed by atoms with Crippen LogP contribution in [-0.4, -0.2) is 7.11 Å². The summed E-state index contributed by atoms with van der Waals surface area (Å²) < 4.78 is 10.2. The van der Waals surface area contributed by atoms with E-state index in [0.29, 0.717) is 0 Å². The van der Waals surface area contributed by atoms with Crippen molar-refractivity contribution < 1.29 is 9.15 Å². The van der Waals surface area contributed by atoms with Crippen molar-refractivity contribution in [3.05, 3.63) is 53.5 Å². The molecule has 0 aliphatic rings. The summed E-state index contributed by atoms with van der Waals surface area (Å²) in [7, 11) is 1.66. The number of methoxy groups -OCH3 is 1. The van der Waals surface area contributed by atoms with Gasteiger partial charge in [0.15, 0.2) is 0 Å². The smallest absolute Gasteiger partial charge is 0.119 e. The van der Waals surface area contributed by atoms with Crippen molar-refractivity contribution in [3.8, 4) is 5.75 Å². The van der Waals surface area contributed by atoms with E-state index in [1.54, 1.807) is 19.6 Å². The fourth-order valence-corrected chi connectivity index (χ4v) is 2.03. The van der Waals surface area contributed by atoms with Crippen molar-refractivity contribution in [2.24, 2.45) is 0 Å². The summed E-state index contributed by atoms with van der Waals surface area (Å²) in [6.07, 6.45) is 3.30. The molecule has 84 valence electrons. The first kappa shape index (κ1) is 11.1. The number of aryl methyl sites for hydroxylation is 1. The molecule has 0 N–H and O–H groups in total. The second kappa shape index (κ2) is 4.62. The summed E-state index contributed by atoms with van der Waals surface area (Å²) in [6, 6.07) is 7.75. The maximum absolute atomic E-state index is 6.37. The Morgan fingerprint density at radius 3 is 2.69 bits per heavy atom. The van der Waals surface area contributed by atoms with Crippen LogP contribution in [0, 0.1) is 6.92 Å². The summed E-state index contributed by atoms with van der Waals surface area (Å²) in [4.78, 5) is 0. The number of rotatable bonds is 3. The van der Waals surface area contributed by atoms with Crippen molar-refractivity contribution in [1.82, 2.24) is 0 Å². The van der Waals surface area contributed by atoms with Crippen LogP contribution in [0.4, 0.5) is 0 Å². The Hall–Kier alpha value is -1.41. The lowest BCUT2D eigenvalue weighted by Crippen LogP contribution is -1.95. The second-order valence-corrected chi connectivity index (χ2v) is 4.08. The van der Waals surface area contributed by atoms with Gasteiger partial charge in [-0.05, 0) is 36.2 Å². The number of furan rings is 1. The monoisotopic (exact) mass is 236 g/mol. The topological polar surface area (TPSA) is 22.4 Å². The highest BCUT2D eigenvalue weighted by Crippen LogP contribution is 2.32. The number of hydrogen-bond donors (Lipinski definition) is 0. The van der Waals surface area contributed by atoms with E-state index in [2.05, 4.69) is 0 Å². The maximum Gasteiger partial charge on any atom is 0.119 e. The number of hydrogen-bond acceptors (Lipinski definition) is 2. The molecular formula is C13H13ClO2. The molecule has 3 heteroatoms. The minimum atomic E-state index is -0.176. The van der Waals surface area contributed by atoms with Gasteiger partial charge in [-0.3, -0.25) is 0 Å². The van der Waals surface area contributed by atoms with Crippen molar-refractivity contribution in [2.75, 3.05) is 7.11 Å². The van der Waals surface area contributed by atoms with Crippen LogP contribution in [0.2, 0.25) is 0 Å². The van der Waals surface area contributed by atoms with Gasteiger partial charge in [-0.15, -0.1) is 11.6 Å². The zero-order valence-corrected chi connectivity index (χ0v) is 9.99. The van der Waals surface area contributed by atoms with Gasteiger partial charge in [0.1, 0.15) is 5.75 Å². The largest absolute Gasteiger partial charge is 0.497 e. The van der Waals surface area contributed by atoms with Crippen molar-refractivity contribution in [3.63, 3.8) is 0 Å². The first-order valence-electron chi connectivity index (χ1n) is 5.03. The molecule has 0 radical (unpaired) electrons. The highest BCUT2D eigenvalue weighted by molar-refractivity contribution is 6.22. The molecule has 0 spiro atoms. The molecule has 0 aliphatic heterocycles. The van der Waals surface area contributed by atoms with E-state index in [0.717, 1.165) is 22.4 Å². The fourth-order valence-electron chi connectivity index (χ4n) is 1.66. The van der Waals surface area contributed by atoms with Gasteiger partial charge in [0.25, 0.3) is 0 Å². The standard InChI is InChI=1S/C13H13ClO2/c1-9-7-11(15-2)3-4-12(9)13(14)10-5-6-16-8-10/h3-8,13H,1-2H3. The molecule has 1 aromatic carbocycles. The number of benzene rings is 1. The molecule has 1 heterocycles. The van der Waals surface area contributed by atoms with Crippen molar-refractivity contribution in [2.45, 2.75) is 12.3 Å². The molecule has 2 nitrogen and oxygen atoms in total. The van der Waals surface area contributed by atoms with E-state index in [9.17, 15) is 0 Å². The minimum absolute atomic E-state index is 0.176. The molecule has 0 fully saturated rings. The fraction of sp³-hybridized carbons (Fsp3) is 0.231. The summed E-state index contributed by atoms with van der Waals surface area (Å²) in [5.41, 5.74) is 3.15. The normalized spacial score (nSPS) is 12.4. The van der Waals surface area contributed by atoms with Crippen LogP contribution in [0.5, 0.6) is 5.75 Å². The van der Waals surface area contributed by atoms with Gasteiger partial charge in [0.05, 0.1) is 25.0 Å². The Bertz CT molecular complexity index is 463. The van der Waals surface area contributed by atoms with Crippen LogP contribution in [0.3, 0.4) is 0 Å². The average molecular weight is 237 g/mol. The summed E-state index contributed by atoms with van der Waals surface area (Å²) in [6.45, 7) is 2.02. The maximum atomic E-state index is 6.37. The number of ether oxygens (including phenoxy) is 1. The van der Waals surface area contributed by atoms with Crippen molar-refractivity contribution in [1.29, 1.82) is 0 Å². The van der Waals surface area contributed by atoms with Crippen LogP contribution in [0.15, 0.2) is 41.2 Å². The Morgan fingerprint density at radius 1 is 1.31 bits per heavy atom.